The Balaban J connectivity index is 1.63. The summed E-state index contributed by atoms with van der Waals surface area (Å²) in [4.78, 5) is 23.9. The lowest BCUT2D eigenvalue weighted by Crippen LogP contribution is -2.17. The van der Waals surface area contributed by atoms with Gasteiger partial charge in [-0.3, -0.25) is 14.9 Å². The molecule has 0 unspecified atom stereocenters. The lowest BCUT2D eigenvalue weighted by Gasteiger charge is -2.19. The van der Waals surface area contributed by atoms with Crippen molar-refractivity contribution < 1.29 is 18.1 Å². The zero-order valence-corrected chi connectivity index (χ0v) is 21.4. The molecule has 3 aromatic rings. The van der Waals surface area contributed by atoms with Gasteiger partial charge in [0.05, 0.1) is 26.2 Å². The number of amides is 1. The first-order valence-corrected chi connectivity index (χ1v) is 13.4. The lowest BCUT2D eigenvalue weighted by atomic mass is 10.2. The van der Waals surface area contributed by atoms with Crippen LogP contribution in [0.4, 0.5) is 11.4 Å². The van der Waals surface area contributed by atoms with Crippen molar-refractivity contribution in [3.05, 3.63) is 95.8 Å². The number of anilines is 1. The highest BCUT2D eigenvalue weighted by Crippen LogP contribution is 2.41. The first kappa shape index (κ1) is 23.7. The zero-order chi connectivity index (χ0) is 23.8. The van der Waals surface area contributed by atoms with Crippen LogP contribution in [0.5, 0.6) is 0 Å². The monoisotopic (exact) mass is 608 g/mol. The average Bonchev–Trinajstić information content (AvgIpc) is 2.77. The van der Waals surface area contributed by atoms with Crippen LogP contribution >= 0.6 is 43.6 Å². The van der Waals surface area contributed by atoms with Crippen LogP contribution in [0.3, 0.4) is 0 Å². The van der Waals surface area contributed by atoms with Crippen molar-refractivity contribution in [2.75, 3.05) is 5.32 Å². The van der Waals surface area contributed by atoms with Gasteiger partial charge >= 0.3 is 0 Å². The minimum atomic E-state index is -3.66. The van der Waals surface area contributed by atoms with Crippen LogP contribution in [0, 0.1) is 10.1 Å². The minimum absolute atomic E-state index is 0.0465. The van der Waals surface area contributed by atoms with Gasteiger partial charge in [-0.1, -0.05) is 49.7 Å². The normalized spacial score (nSPS) is 14.6. The summed E-state index contributed by atoms with van der Waals surface area (Å²) in [5.41, 5.74) is 1.71. The van der Waals surface area contributed by atoms with Gasteiger partial charge in [0.2, 0.25) is 0 Å². The average molecular weight is 610 g/mol. The number of carbonyl (C=O) groups is 1. The van der Waals surface area contributed by atoms with Crippen LogP contribution < -0.4 is 5.32 Å². The van der Waals surface area contributed by atoms with E-state index in [9.17, 15) is 23.3 Å². The molecule has 168 valence electrons. The Morgan fingerprint density at radius 3 is 2.33 bits per heavy atom. The van der Waals surface area contributed by atoms with Gasteiger partial charge < -0.3 is 5.32 Å². The third kappa shape index (κ3) is 5.21. The van der Waals surface area contributed by atoms with E-state index in [1.165, 1.54) is 18.2 Å². The number of non-ortho nitro benzene ring substituents is 1. The van der Waals surface area contributed by atoms with E-state index < -0.39 is 14.8 Å². The molecule has 1 amide bonds. The fourth-order valence-electron chi connectivity index (χ4n) is 3.11. The molecule has 33 heavy (non-hydrogen) atoms. The fraction of sp³-hybridized carbons (Fsp3) is 0.0455. The number of hydrogen-bond acceptors (Lipinski definition) is 6. The summed E-state index contributed by atoms with van der Waals surface area (Å²) in [6.45, 7) is 0. The summed E-state index contributed by atoms with van der Waals surface area (Å²) >= 11 is 7.95. The molecule has 11 heteroatoms. The van der Waals surface area contributed by atoms with E-state index in [-0.39, 0.29) is 22.2 Å². The molecule has 0 aliphatic carbocycles. The molecule has 4 rings (SSSR count). The number of sulfone groups is 1. The molecule has 0 fully saturated rings. The number of nitrogens with one attached hydrogen (secondary N) is 1. The molecule has 3 aromatic carbocycles. The van der Waals surface area contributed by atoms with Crippen LogP contribution in [0.25, 0.3) is 6.08 Å². The molecule has 0 saturated carbocycles. The maximum atomic E-state index is 13.1. The van der Waals surface area contributed by atoms with Crippen molar-refractivity contribution in [2.45, 2.75) is 15.5 Å². The molecular formula is C22H14Br2N2O5S2. The molecule has 0 aromatic heterocycles. The van der Waals surface area contributed by atoms with Gasteiger partial charge in [0.25, 0.3) is 11.6 Å². The van der Waals surface area contributed by atoms with E-state index >= 15 is 0 Å². The van der Waals surface area contributed by atoms with Gasteiger partial charge in [0.1, 0.15) is 0 Å². The van der Waals surface area contributed by atoms with Crippen LogP contribution in [-0.4, -0.2) is 19.2 Å². The molecule has 7 nitrogen and oxygen atoms in total. The summed E-state index contributed by atoms with van der Waals surface area (Å²) < 4.78 is 27.6. The van der Waals surface area contributed by atoms with Gasteiger partial charge in [-0.05, 0) is 59.7 Å². The highest BCUT2D eigenvalue weighted by Gasteiger charge is 2.25. The molecule has 1 heterocycles. The predicted molar refractivity (Wildman–Crippen MR) is 135 cm³/mol. The van der Waals surface area contributed by atoms with E-state index in [2.05, 4.69) is 37.2 Å². The maximum absolute atomic E-state index is 13.1. The van der Waals surface area contributed by atoms with Gasteiger partial charge in [-0.15, -0.1) is 0 Å². The molecule has 0 saturated heterocycles. The number of thioether (sulfide) groups is 1. The Morgan fingerprint density at radius 1 is 1.03 bits per heavy atom. The number of fused-ring (bicyclic) bond motifs is 1. The van der Waals surface area contributed by atoms with Crippen molar-refractivity contribution in [3.8, 4) is 0 Å². The number of halogens is 2. The number of carbonyl (C=O) groups excluding carboxylic acids is 1. The second-order valence-electron chi connectivity index (χ2n) is 7.03. The van der Waals surface area contributed by atoms with E-state index in [1.807, 2.05) is 0 Å². The first-order valence-electron chi connectivity index (χ1n) is 9.39. The van der Waals surface area contributed by atoms with Crippen molar-refractivity contribution in [1.29, 1.82) is 0 Å². The van der Waals surface area contributed by atoms with Crippen molar-refractivity contribution in [2.24, 2.45) is 0 Å². The van der Waals surface area contributed by atoms with E-state index in [0.717, 1.165) is 11.8 Å². The Labute approximate surface area is 210 Å². The van der Waals surface area contributed by atoms with Gasteiger partial charge in [-0.25, -0.2) is 8.42 Å². The molecule has 0 spiro atoms. The first-order chi connectivity index (χ1) is 15.6. The summed E-state index contributed by atoms with van der Waals surface area (Å²) in [5, 5.41) is 13.6. The Hall–Kier alpha value is -2.47. The van der Waals surface area contributed by atoms with Crippen molar-refractivity contribution in [3.63, 3.8) is 0 Å². The van der Waals surface area contributed by atoms with Crippen LogP contribution in [0.2, 0.25) is 0 Å². The molecule has 1 aliphatic heterocycles. The van der Waals surface area contributed by atoms with E-state index in [0.29, 0.717) is 35.6 Å². The summed E-state index contributed by atoms with van der Waals surface area (Å²) in [5.74, 6) is -0.533. The summed E-state index contributed by atoms with van der Waals surface area (Å²) in [7, 11) is -3.66. The lowest BCUT2D eigenvalue weighted by molar-refractivity contribution is -0.384. The third-order valence-electron chi connectivity index (χ3n) is 4.80. The number of benzene rings is 3. The third-order valence-corrected chi connectivity index (χ3v) is 9.01. The van der Waals surface area contributed by atoms with Crippen molar-refractivity contribution >= 4 is 76.8 Å². The van der Waals surface area contributed by atoms with Gasteiger partial charge in [0, 0.05) is 26.0 Å². The molecule has 0 atom stereocenters. The largest absolute Gasteiger partial charge is 0.320 e. The molecule has 0 radical (unpaired) electrons. The smallest absolute Gasteiger partial charge is 0.269 e. The van der Waals surface area contributed by atoms with Gasteiger partial charge in [0.15, 0.2) is 9.84 Å². The second-order valence-corrected chi connectivity index (χ2v) is 11.8. The predicted octanol–water partition coefficient (Wildman–Crippen LogP) is 6.18. The van der Waals surface area contributed by atoms with Crippen molar-refractivity contribution in [1.82, 2.24) is 0 Å². The molecule has 0 bridgehead atoms. The maximum Gasteiger partial charge on any atom is 0.269 e. The Morgan fingerprint density at radius 2 is 1.70 bits per heavy atom. The summed E-state index contributed by atoms with van der Waals surface area (Å²) in [6, 6.07) is 15.8. The Kier molecular flexibility index (Phi) is 6.76. The number of nitro benzene ring substituents is 1. The minimum Gasteiger partial charge on any atom is -0.320 e. The Bertz CT molecular complexity index is 1400. The number of nitro groups is 1. The molecule has 1 aliphatic rings. The van der Waals surface area contributed by atoms with Crippen LogP contribution in [0.15, 0.2) is 84.3 Å². The zero-order valence-electron chi connectivity index (χ0n) is 16.6. The molecule has 1 N–H and O–H groups in total. The summed E-state index contributed by atoms with van der Waals surface area (Å²) in [6.07, 6.45) is 1.60. The standard InChI is InChI=1S/C22H14Br2N2O5S2/c23-17-2-1-3-18(24)16(17)12-33(30,31)15-8-9-19-20(11-15)32-21(22(27)25-19)10-13-4-6-14(7-5-13)26(28)29/h1-11H,12H2,(H,25,27). The highest BCUT2D eigenvalue weighted by atomic mass is 79.9. The number of rotatable bonds is 5. The number of hydrogen-bond donors (Lipinski definition) is 1. The topological polar surface area (TPSA) is 106 Å². The highest BCUT2D eigenvalue weighted by molar-refractivity contribution is 9.11. The number of nitrogens with zero attached hydrogens (tertiary/aromatic N) is 1. The van der Waals surface area contributed by atoms with E-state index in [4.69, 9.17) is 0 Å². The van der Waals surface area contributed by atoms with Crippen LogP contribution in [-0.2, 0) is 20.4 Å². The van der Waals surface area contributed by atoms with Gasteiger partial charge in [-0.2, -0.15) is 0 Å². The van der Waals surface area contributed by atoms with Crippen LogP contribution in [0.1, 0.15) is 11.1 Å². The fourth-order valence-corrected chi connectivity index (χ4v) is 7.26. The molecular weight excluding hydrogens is 596 g/mol. The quantitative estimate of drug-likeness (QED) is 0.210. The second kappa shape index (κ2) is 9.41. The SMILES string of the molecule is O=C1Nc2ccc(S(=O)(=O)Cc3c(Br)cccc3Br)cc2SC1=Cc1ccc([N+](=O)[O-])cc1. The van der Waals surface area contributed by atoms with E-state index in [1.54, 1.807) is 48.5 Å².